The largest absolute Gasteiger partial charge is 0.466 e. The first-order valence-corrected chi connectivity index (χ1v) is 25.4. The summed E-state index contributed by atoms with van der Waals surface area (Å²) in [5.74, 6) is 0.773. The molecule has 0 radical (unpaired) electrons. The summed E-state index contributed by atoms with van der Waals surface area (Å²) in [6, 6.07) is 0. The number of carbonyl (C=O) groups excluding carboxylic acids is 2. The Bertz CT molecular complexity index is 837. The summed E-state index contributed by atoms with van der Waals surface area (Å²) in [7, 11) is 0. The van der Waals surface area contributed by atoms with E-state index in [1.54, 1.807) is 0 Å². The van der Waals surface area contributed by atoms with Gasteiger partial charge < -0.3 is 19.5 Å². The van der Waals surface area contributed by atoms with Crippen LogP contribution in [0.5, 0.6) is 0 Å². The highest BCUT2D eigenvalue weighted by Gasteiger charge is 2.30. The highest BCUT2D eigenvalue weighted by molar-refractivity contribution is 5.76. The first-order chi connectivity index (χ1) is 27.7. The lowest BCUT2D eigenvalue weighted by Crippen LogP contribution is -2.31. The van der Waals surface area contributed by atoms with Crippen LogP contribution < -0.4 is 0 Å². The molecule has 0 spiro atoms. The molecule has 0 aliphatic carbocycles. The van der Waals surface area contributed by atoms with Gasteiger partial charge in [-0.2, -0.15) is 0 Å². The molecular formula is C51H101NO5. The summed E-state index contributed by atoms with van der Waals surface area (Å²) in [6.45, 7) is 16.8. The van der Waals surface area contributed by atoms with E-state index in [1.165, 1.54) is 148 Å². The Kier molecular flexibility index (Phi) is 40.8. The van der Waals surface area contributed by atoms with Crippen LogP contribution in [0, 0.1) is 11.3 Å². The highest BCUT2D eigenvalue weighted by atomic mass is 16.5. The second-order valence-electron chi connectivity index (χ2n) is 18.5. The van der Waals surface area contributed by atoms with E-state index < -0.39 is 5.41 Å². The Balaban J connectivity index is 4.24. The van der Waals surface area contributed by atoms with Crippen molar-refractivity contribution in [3.05, 3.63) is 0 Å². The third-order valence-corrected chi connectivity index (χ3v) is 12.3. The number of esters is 2. The molecule has 0 amide bonds. The number of aliphatic hydroxyl groups is 1. The monoisotopic (exact) mass is 808 g/mol. The van der Waals surface area contributed by atoms with Gasteiger partial charge in [0.05, 0.1) is 18.6 Å². The van der Waals surface area contributed by atoms with E-state index in [9.17, 15) is 14.7 Å². The summed E-state index contributed by atoms with van der Waals surface area (Å²) in [4.78, 5) is 28.1. The molecular weight excluding hydrogens is 707 g/mol. The van der Waals surface area contributed by atoms with Gasteiger partial charge in [0.1, 0.15) is 6.10 Å². The summed E-state index contributed by atoms with van der Waals surface area (Å²) in [6.07, 6.45) is 41.5. The fourth-order valence-corrected chi connectivity index (χ4v) is 8.27. The summed E-state index contributed by atoms with van der Waals surface area (Å²) in [5.41, 5.74) is -0.435. The molecule has 6 heteroatoms. The lowest BCUT2D eigenvalue weighted by atomic mass is 9.86. The fourth-order valence-electron chi connectivity index (χ4n) is 8.27. The van der Waals surface area contributed by atoms with Gasteiger partial charge in [-0.25, -0.2) is 0 Å². The Morgan fingerprint density at radius 3 is 1.46 bits per heavy atom. The first kappa shape index (κ1) is 55.9. The van der Waals surface area contributed by atoms with Crippen molar-refractivity contribution in [1.29, 1.82) is 0 Å². The maximum absolute atomic E-state index is 13.4. The van der Waals surface area contributed by atoms with Crippen LogP contribution in [0.25, 0.3) is 0 Å². The lowest BCUT2D eigenvalue weighted by molar-refractivity contribution is -0.161. The summed E-state index contributed by atoms with van der Waals surface area (Å²) >= 11 is 0. The van der Waals surface area contributed by atoms with Crippen molar-refractivity contribution in [2.24, 2.45) is 11.3 Å². The molecule has 0 saturated heterocycles. The number of nitrogens with zero attached hydrogens (tertiary/aromatic N) is 1. The normalized spacial score (nSPS) is 12.0. The van der Waals surface area contributed by atoms with Crippen LogP contribution >= 0.6 is 0 Å². The zero-order chi connectivity index (χ0) is 42.1. The van der Waals surface area contributed by atoms with Crippen molar-refractivity contribution in [1.82, 2.24) is 4.90 Å². The van der Waals surface area contributed by atoms with E-state index in [2.05, 4.69) is 46.4 Å². The zero-order valence-electron chi connectivity index (χ0n) is 39.5. The van der Waals surface area contributed by atoms with Gasteiger partial charge in [0, 0.05) is 13.0 Å². The molecule has 0 aliphatic heterocycles. The SMILES string of the molecule is CCCCCCCCC(CCCCCCCC)OC(=O)C(C)(C)CCCCCCN(CCO)CCCCCCCOC(=O)CCCC(CCCCC)CCCCC. The van der Waals surface area contributed by atoms with Crippen LogP contribution in [0.4, 0.5) is 0 Å². The predicted molar refractivity (Wildman–Crippen MR) is 246 cm³/mol. The van der Waals surface area contributed by atoms with Crippen molar-refractivity contribution < 1.29 is 24.2 Å². The summed E-state index contributed by atoms with van der Waals surface area (Å²) < 4.78 is 11.8. The first-order valence-electron chi connectivity index (χ1n) is 25.4. The van der Waals surface area contributed by atoms with Crippen LogP contribution in [0.3, 0.4) is 0 Å². The minimum atomic E-state index is -0.435. The van der Waals surface area contributed by atoms with Gasteiger partial charge in [-0.1, -0.05) is 182 Å². The standard InChI is InChI=1S/C51H101NO5/c1-7-11-15-17-20-28-38-48(39-29-21-18-16-12-8-2)57-50(55)51(5,6)41-30-22-24-32-43-52(44-45-53)42-31-23-19-25-33-46-56-49(54)40-34-37-47(35-26-13-9-3)36-27-14-10-4/h47-48,53H,7-46H2,1-6H3. The van der Waals surface area contributed by atoms with Gasteiger partial charge in [0.25, 0.3) is 0 Å². The smallest absolute Gasteiger partial charge is 0.311 e. The van der Waals surface area contributed by atoms with E-state index in [1.807, 2.05) is 0 Å². The predicted octanol–water partition coefficient (Wildman–Crippen LogP) is 15.1. The third-order valence-electron chi connectivity index (χ3n) is 12.3. The van der Waals surface area contributed by atoms with E-state index in [0.29, 0.717) is 13.0 Å². The Labute approximate surface area is 356 Å². The number of hydrogen-bond donors (Lipinski definition) is 1. The highest BCUT2D eigenvalue weighted by Crippen LogP contribution is 2.28. The third kappa shape index (κ3) is 36.4. The Morgan fingerprint density at radius 2 is 0.930 bits per heavy atom. The molecule has 0 fully saturated rings. The van der Waals surface area contributed by atoms with Crippen molar-refractivity contribution in [2.45, 2.75) is 272 Å². The van der Waals surface area contributed by atoms with Crippen LogP contribution in [0.1, 0.15) is 266 Å². The van der Waals surface area contributed by atoms with Crippen molar-refractivity contribution in [2.75, 3.05) is 32.8 Å². The molecule has 0 unspecified atom stereocenters. The number of rotatable bonds is 45. The minimum Gasteiger partial charge on any atom is -0.466 e. The van der Waals surface area contributed by atoms with E-state index >= 15 is 0 Å². The molecule has 6 nitrogen and oxygen atoms in total. The van der Waals surface area contributed by atoms with Gasteiger partial charge in [-0.05, 0) is 97.1 Å². The van der Waals surface area contributed by atoms with Crippen LogP contribution in [-0.2, 0) is 19.1 Å². The Morgan fingerprint density at radius 1 is 0.509 bits per heavy atom. The van der Waals surface area contributed by atoms with E-state index in [0.717, 1.165) is 96.2 Å². The van der Waals surface area contributed by atoms with Crippen LogP contribution in [0.15, 0.2) is 0 Å². The second-order valence-corrected chi connectivity index (χ2v) is 18.5. The van der Waals surface area contributed by atoms with Gasteiger partial charge >= 0.3 is 11.9 Å². The second kappa shape index (κ2) is 41.6. The quantitative estimate of drug-likeness (QED) is 0.0488. The number of hydrogen-bond acceptors (Lipinski definition) is 6. The average molecular weight is 808 g/mol. The van der Waals surface area contributed by atoms with Crippen molar-refractivity contribution in [3.8, 4) is 0 Å². The fraction of sp³-hybridized carbons (Fsp3) is 0.961. The minimum absolute atomic E-state index is 0.00416. The number of unbranched alkanes of at least 4 members (excludes halogenated alkanes) is 21. The number of aliphatic hydroxyl groups excluding tert-OH is 1. The van der Waals surface area contributed by atoms with Crippen molar-refractivity contribution in [3.63, 3.8) is 0 Å². The average Bonchev–Trinajstić information content (AvgIpc) is 3.19. The molecule has 340 valence electrons. The number of ether oxygens (including phenoxy) is 2. The van der Waals surface area contributed by atoms with Crippen molar-refractivity contribution >= 4 is 11.9 Å². The molecule has 0 aromatic carbocycles. The Hall–Kier alpha value is -1.14. The maximum atomic E-state index is 13.4. The molecule has 0 bridgehead atoms. The molecule has 0 rings (SSSR count). The molecule has 0 aliphatic rings. The van der Waals surface area contributed by atoms with E-state index in [-0.39, 0.29) is 24.6 Å². The van der Waals surface area contributed by atoms with Gasteiger partial charge in [0.15, 0.2) is 0 Å². The van der Waals surface area contributed by atoms with Gasteiger partial charge in [-0.15, -0.1) is 0 Å². The molecule has 0 saturated carbocycles. The molecule has 0 aromatic heterocycles. The van der Waals surface area contributed by atoms with Crippen LogP contribution in [-0.4, -0.2) is 60.9 Å². The molecule has 0 atom stereocenters. The topological polar surface area (TPSA) is 76.1 Å². The van der Waals surface area contributed by atoms with E-state index in [4.69, 9.17) is 9.47 Å². The molecule has 1 N–H and O–H groups in total. The lowest BCUT2D eigenvalue weighted by Gasteiger charge is -2.27. The summed E-state index contributed by atoms with van der Waals surface area (Å²) in [5, 5.41) is 9.65. The zero-order valence-corrected chi connectivity index (χ0v) is 39.5. The van der Waals surface area contributed by atoms with Crippen LogP contribution in [0.2, 0.25) is 0 Å². The van der Waals surface area contributed by atoms with Gasteiger partial charge in [0.2, 0.25) is 0 Å². The maximum Gasteiger partial charge on any atom is 0.311 e. The molecule has 0 aromatic rings. The molecule has 57 heavy (non-hydrogen) atoms. The van der Waals surface area contributed by atoms with Gasteiger partial charge in [-0.3, -0.25) is 9.59 Å². The number of carbonyl (C=O) groups is 2. The molecule has 0 heterocycles.